The molecule has 2 saturated heterocycles. The lowest BCUT2D eigenvalue weighted by molar-refractivity contribution is -0.199. The third-order valence-electron chi connectivity index (χ3n) is 9.33. The summed E-state index contributed by atoms with van der Waals surface area (Å²) < 4.78 is 23.6. The number of amides is 1. The van der Waals surface area contributed by atoms with Crippen molar-refractivity contribution in [1.29, 1.82) is 0 Å². The summed E-state index contributed by atoms with van der Waals surface area (Å²) in [5.74, 6) is 0.683. The monoisotopic (exact) mass is 493 g/mol. The summed E-state index contributed by atoms with van der Waals surface area (Å²) in [5.41, 5.74) is -0.580. The highest BCUT2D eigenvalue weighted by Gasteiger charge is 2.67. The summed E-state index contributed by atoms with van der Waals surface area (Å²) in [4.78, 5) is 27.2. The number of hydrogen-bond donors (Lipinski definition) is 1. The van der Waals surface area contributed by atoms with E-state index in [9.17, 15) is 14.7 Å². The summed E-state index contributed by atoms with van der Waals surface area (Å²) in [5, 5.41) is 9.66. The lowest BCUT2D eigenvalue weighted by Gasteiger charge is -2.64. The molecule has 2 bridgehead atoms. The van der Waals surface area contributed by atoms with Gasteiger partial charge in [0.05, 0.1) is 18.8 Å². The Morgan fingerprint density at radius 3 is 2.49 bits per heavy atom. The number of nitrogens with zero attached hydrogens (tertiary/aromatic N) is 1. The van der Waals surface area contributed by atoms with Crippen LogP contribution < -0.4 is 0 Å². The van der Waals surface area contributed by atoms with Gasteiger partial charge in [-0.25, -0.2) is 9.59 Å². The average Bonchev–Trinajstić information content (AvgIpc) is 3.29. The van der Waals surface area contributed by atoms with Crippen LogP contribution in [0.1, 0.15) is 73.6 Å². The molecule has 5 rings (SSSR count). The summed E-state index contributed by atoms with van der Waals surface area (Å²) >= 11 is 0. The number of carbonyl (C=O) groups excluding carboxylic acids is 2. The highest BCUT2D eigenvalue weighted by molar-refractivity contribution is 6.45. The lowest BCUT2D eigenvalue weighted by Crippen LogP contribution is -2.65. The molecule has 7 atom stereocenters. The van der Waals surface area contributed by atoms with Crippen LogP contribution in [0.2, 0.25) is 6.32 Å². The quantitative estimate of drug-likeness (QED) is 0.425. The molecular formula is C26H44BNO7. The normalized spacial score (nSPS) is 37.6. The number of carbonyl (C=O) groups is 2. The van der Waals surface area contributed by atoms with Crippen molar-refractivity contribution in [3.63, 3.8) is 0 Å². The van der Waals surface area contributed by atoms with Crippen LogP contribution >= 0.6 is 0 Å². The zero-order valence-corrected chi connectivity index (χ0v) is 22.5. The largest absolute Gasteiger partial charge is 0.467 e. The van der Waals surface area contributed by atoms with Gasteiger partial charge in [0.15, 0.2) is 0 Å². The van der Waals surface area contributed by atoms with E-state index in [0.717, 1.165) is 19.2 Å². The SMILES string of the molecule is COC(=O)[C@H]1[C@H](CCCB2O[C@@H]3C[C@@H]4C[C@@H](C4(C)C)[C@]3(C)O2)C(CCO)CN1C(=O)OC(C)(C)C. The van der Waals surface area contributed by atoms with E-state index in [2.05, 4.69) is 20.8 Å². The molecule has 5 fully saturated rings. The van der Waals surface area contributed by atoms with Crippen molar-refractivity contribution in [2.24, 2.45) is 29.1 Å². The van der Waals surface area contributed by atoms with Gasteiger partial charge in [0.2, 0.25) is 0 Å². The van der Waals surface area contributed by atoms with Gasteiger partial charge in [-0.2, -0.15) is 0 Å². The molecule has 9 heteroatoms. The maximum atomic E-state index is 12.9. The number of aliphatic hydroxyl groups excluding tert-OH is 1. The fourth-order valence-electron chi connectivity index (χ4n) is 7.38. The third kappa shape index (κ3) is 4.85. The number of aliphatic hydroxyl groups is 1. The molecule has 1 unspecified atom stereocenters. The molecule has 0 spiro atoms. The van der Waals surface area contributed by atoms with E-state index in [1.807, 2.05) is 20.8 Å². The minimum Gasteiger partial charge on any atom is -0.467 e. The van der Waals surface area contributed by atoms with E-state index < -0.39 is 23.7 Å². The number of methoxy groups -OCH3 is 1. The van der Waals surface area contributed by atoms with Gasteiger partial charge in [-0.15, -0.1) is 0 Å². The third-order valence-corrected chi connectivity index (χ3v) is 9.33. The van der Waals surface area contributed by atoms with Crippen molar-refractivity contribution in [2.75, 3.05) is 20.3 Å². The number of rotatable bonds is 7. The van der Waals surface area contributed by atoms with E-state index in [0.29, 0.717) is 36.6 Å². The van der Waals surface area contributed by atoms with Gasteiger partial charge in [0.1, 0.15) is 11.6 Å². The standard InChI is InChI=1S/C26H44BNO7/c1-24(2,3)33-23(31)28-15-16(10-12-29)18(21(28)22(30)32-7)9-8-11-27-34-20-14-17-13-19(25(17,4)5)26(20,6)35-27/h16-21,29H,8-15H2,1-7H3/t16?,17-,18+,19-,20+,21+,26-/m0/s1. The van der Waals surface area contributed by atoms with Crippen LogP contribution in [-0.4, -0.2) is 72.8 Å². The first-order chi connectivity index (χ1) is 16.3. The fourth-order valence-corrected chi connectivity index (χ4v) is 7.38. The summed E-state index contributed by atoms with van der Waals surface area (Å²) in [6.45, 7) is 12.7. The molecule has 5 aliphatic rings. The first-order valence-electron chi connectivity index (χ1n) is 13.3. The van der Waals surface area contributed by atoms with Crippen molar-refractivity contribution in [3.05, 3.63) is 0 Å². The van der Waals surface area contributed by atoms with E-state index in [1.165, 1.54) is 18.4 Å². The first kappa shape index (κ1) is 26.7. The number of likely N-dealkylation sites (tertiary alicyclic amines) is 1. The van der Waals surface area contributed by atoms with Crippen molar-refractivity contribution in [2.45, 2.75) is 103 Å². The minimum atomic E-state index is -0.718. The van der Waals surface area contributed by atoms with Gasteiger partial charge in [0.25, 0.3) is 0 Å². The van der Waals surface area contributed by atoms with E-state index in [-0.39, 0.29) is 37.3 Å². The second-order valence-electron chi connectivity index (χ2n) is 12.9. The van der Waals surface area contributed by atoms with Gasteiger partial charge in [-0.3, -0.25) is 4.90 Å². The molecule has 2 heterocycles. The van der Waals surface area contributed by atoms with Gasteiger partial charge in [-0.1, -0.05) is 20.3 Å². The van der Waals surface area contributed by atoms with E-state index >= 15 is 0 Å². The van der Waals surface area contributed by atoms with Crippen LogP contribution in [0.25, 0.3) is 0 Å². The summed E-state index contributed by atoms with van der Waals surface area (Å²) in [6.07, 6.45) is 4.70. The Kier molecular flexibility index (Phi) is 7.28. The molecular weight excluding hydrogens is 449 g/mol. The zero-order chi connectivity index (χ0) is 25.8. The predicted molar refractivity (Wildman–Crippen MR) is 132 cm³/mol. The van der Waals surface area contributed by atoms with Crippen LogP contribution in [0.3, 0.4) is 0 Å². The van der Waals surface area contributed by atoms with E-state index in [1.54, 1.807) is 0 Å². The van der Waals surface area contributed by atoms with Gasteiger partial charge in [0, 0.05) is 13.2 Å². The highest BCUT2D eigenvalue weighted by atomic mass is 16.7. The van der Waals surface area contributed by atoms with Gasteiger partial charge < -0.3 is 23.9 Å². The molecule has 198 valence electrons. The van der Waals surface area contributed by atoms with Gasteiger partial charge in [-0.05, 0) is 88.8 Å². The Labute approximate surface area is 210 Å². The maximum Gasteiger partial charge on any atom is 0.457 e. The van der Waals surface area contributed by atoms with Crippen LogP contribution in [0, 0.1) is 29.1 Å². The average molecular weight is 493 g/mol. The molecule has 35 heavy (non-hydrogen) atoms. The van der Waals surface area contributed by atoms with Crippen molar-refractivity contribution >= 4 is 19.2 Å². The number of ether oxygens (including phenoxy) is 2. The van der Waals surface area contributed by atoms with Crippen molar-refractivity contribution < 1.29 is 33.5 Å². The Morgan fingerprint density at radius 2 is 1.89 bits per heavy atom. The molecule has 0 radical (unpaired) electrons. The second kappa shape index (κ2) is 9.53. The van der Waals surface area contributed by atoms with E-state index in [4.69, 9.17) is 18.8 Å². The topological polar surface area (TPSA) is 94.5 Å². The van der Waals surface area contributed by atoms with Crippen LogP contribution in [0.15, 0.2) is 0 Å². The smallest absolute Gasteiger partial charge is 0.457 e. The maximum absolute atomic E-state index is 12.9. The van der Waals surface area contributed by atoms with Crippen LogP contribution in [0.5, 0.6) is 0 Å². The van der Waals surface area contributed by atoms with Crippen LogP contribution in [-0.2, 0) is 23.6 Å². The molecule has 3 aliphatic carbocycles. The lowest BCUT2D eigenvalue weighted by atomic mass is 9.43. The van der Waals surface area contributed by atoms with Crippen molar-refractivity contribution in [3.8, 4) is 0 Å². The van der Waals surface area contributed by atoms with Gasteiger partial charge >= 0.3 is 19.2 Å². The molecule has 8 nitrogen and oxygen atoms in total. The Bertz CT molecular complexity index is 814. The molecule has 1 amide bonds. The fraction of sp³-hybridized carbons (Fsp3) is 0.923. The molecule has 2 aliphatic heterocycles. The van der Waals surface area contributed by atoms with Crippen molar-refractivity contribution in [1.82, 2.24) is 4.90 Å². The zero-order valence-electron chi connectivity index (χ0n) is 22.5. The molecule has 3 saturated carbocycles. The molecule has 1 N–H and O–H groups in total. The summed E-state index contributed by atoms with van der Waals surface area (Å²) in [7, 11) is 1.11. The molecule has 0 aromatic heterocycles. The highest BCUT2D eigenvalue weighted by Crippen LogP contribution is 2.65. The molecule has 0 aromatic rings. The Hall–Kier alpha value is -1.32. The molecule has 0 aromatic carbocycles. The summed E-state index contributed by atoms with van der Waals surface area (Å²) in [6, 6.07) is -0.718. The number of esters is 1. The minimum absolute atomic E-state index is 0.00441. The van der Waals surface area contributed by atoms with Crippen LogP contribution in [0.4, 0.5) is 4.79 Å². The predicted octanol–water partition coefficient (Wildman–Crippen LogP) is 3.90. The Morgan fingerprint density at radius 1 is 1.17 bits per heavy atom. The second-order valence-corrected chi connectivity index (χ2v) is 12.9. The number of hydrogen-bond acceptors (Lipinski definition) is 7. The Balaban J connectivity index is 1.40. The first-order valence-corrected chi connectivity index (χ1v) is 13.3.